The molecule has 0 saturated carbocycles. The molecule has 0 aliphatic rings. The van der Waals surface area contributed by atoms with Gasteiger partial charge in [-0.25, -0.2) is 13.1 Å². The first kappa shape index (κ1) is 19.5. The molecule has 0 spiro atoms. The quantitative estimate of drug-likeness (QED) is 0.799. The van der Waals surface area contributed by atoms with E-state index in [4.69, 9.17) is 11.6 Å². The molecule has 0 atom stereocenters. The highest BCUT2D eigenvalue weighted by Gasteiger charge is 2.32. The van der Waals surface area contributed by atoms with Gasteiger partial charge in [0.2, 0.25) is 10.0 Å². The van der Waals surface area contributed by atoms with Crippen molar-refractivity contribution in [3.8, 4) is 0 Å². The zero-order valence-electron chi connectivity index (χ0n) is 10.3. The third-order valence-corrected chi connectivity index (χ3v) is 3.83. The highest BCUT2D eigenvalue weighted by atomic mass is 35.5. The van der Waals surface area contributed by atoms with Gasteiger partial charge in [-0.05, 0) is 25.2 Å². The van der Waals surface area contributed by atoms with E-state index in [2.05, 4.69) is 10.0 Å². The standard InChI is InChI=1S/C10H12ClF3N2O2S.ClH/c1-15-2-3-16-19(17,18)9-5-7(10(12,13)14)4-8(11)6-9;/h4-6,15-16H,2-3H2,1H3;1H. The molecule has 1 aromatic carbocycles. The van der Waals surface area contributed by atoms with Gasteiger partial charge in [0.15, 0.2) is 0 Å². The Morgan fingerprint density at radius 2 is 1.80 bits per heavy atom. The van der Waals surface area contributed by atoms with Crippen molar-refractivity contribution in [2.24, 2.45) is 0 Å². The zero-order valence-corrected chi connectivity index (χ0v) is 12.7. The third kappa shape index (κ3) is 5.45. The molecule has 0 fully saturated rings. The van der Waals surface area contributed by atoms with Crippen LogP contribution < -0.4 is 10.0 Å². The van der Waals surface area contributed by atoms with E-state index in [1.165, 1.54) is 0 Å². The molecule has 0 heterocycles. The third-order valence-electron chi connectivity index (χ3n) is 2.18. The largest absolute Gasteiger partial charge is 0.416 e. The van der Waals surface area contributed by atoms with Crippen molar-refractivity contribution in [1.29, 1.82) is 0 Å². The van der Waals surface area contributed by atoms with Gasteiger partial charge in [-0.15, -0.1) is 12.4 Å². The summed E-state index contributed by atoms with van der Waals surface area (Å²) >= 11 is 5.52. The van der Waals surface area contributed by atoms with Gasteiger partial charge < -0.3 is 5.32 Å². The molecule has 20 heavy (non-hydrogen) atoms. The fourth-order valence-corrected chi connectivity index (χ4v) is 2.68. The lowest BCUT2D eigenvalue weighted by Crippen LogP contribution is -2.30. The molecule has 1 aromatic rings. The zero-order chi connectivity index (χ0) is 14.7. The molecule has 0 amide bonds. The number of likely N-dealkylation sites (N-methyl/N-ethyl adjacent to an activating group) is 1. The maximum Gasteiger partial charge on any atom is 0.416 e. The van der Waals surface area contributed by atoms with Crippen LogP contribution in [0, 0.1) is 0 Å². The van der Waals surface area contributed by atoms with Gasteiger partial charge >= 0.3 is 6.18 Å². The molecule has 116 valence electrons. The first-order valence-corrected chi connectivity index (χ1v) is 7.05. The summed E-state index contributed by atoms with van der Waals surface area (Å²) in [7, 11) is -2.39. The summed E-state index contributed by atoms with van der Waals surface area (Å²) in [6.45, 7) is 0.415. The number of hydrogen-bond acceptors (Lipinski definition) is 3. The summed E-state index contributed by atoms with van der Waals surface area (Å²) < 4.78 is 63.4. The Bertz CT molecular complexity index is 550. The minimum atomic E-state index is -4.65. The molecule has 4 nitrogen and oxygen atoms in total. The van der Waals surface area contributed by atoms with Gasteiger partial charge in [0.05, 0.1) is 10.5 Å². The molecule has 0 bridgehead atoms. The van der Waals surface area contributed by atoms with Crippen LogP contribution in [0.4, 0.5) is 13.2 Å². The number of benzene rings is 1. The number of rotatable bonds is 5. The van der Waals surface area contributed by atoms with Crippen LogP contribution in [-0.4, -0.2) is 28.6 Å². The van der Waals surface area contributed by atoms with Crippen LogP contribution in [0.1, 0.15) is 5.56 Å². The van der Waals surface area contributed by atoms with Crippen molar-refractivity contribution in [2.45, 2.75) is 11.1 Å². The molecule has 10 heteroatoms. The van der Waals surface area contributed by atoms with E-state index >= 15 is 0 Å². The predicted molar refractivity (Wildman–Crippen MR) is 72.8 cm³/mol. The fraction of sp³-hybridized carbons (Fsp3) is 0.400. The van der Waals surface area contributed by atoms with E-state index in [1.807, 2.05) is 0 Å². The van der Waals surface area contributed by atoms with Crippen LogP contribution in [0.5, 0.6) is 0 Å². The normalized spacial score (nSPS) is 12.1. The maximum absolute atomic E-state index is 12.6. The van der Waals surface area contributed by atoms with Crippen molar-refractivity contribution in [1.82, 2.24) is 10.0 Å². The molecule has 2 N–H and O–H groups in total. The lowest BCUT2D eigenvalue weighted by Gasteiger charge is -2.11. The van der Waals surface area contributed by atoms with E-state index in [0.717, 1.165) is 6.07 Å². The average Bonchev–Trinajstić information content (AvgIpc) is 2.27. The second-order valence-electron chi connectivity index (χ2n) is 3.67. The summed E-state index contributed by atoms with van der Waals surface area (Å²) in [5.41, 5.74) is -1.10. The van der Waals surface area contributed by atoms with Crippen LogP contribution in [0.3, 0.4) is 0 Å². The van der Waals surface area contributed by atoms with Crippen molar-refractivity contribution in [3.63, 3.8) is 0 Å². The lowest BCUT2D eigenvalue weighted by atomic mass is 10.2. The number of alkyl halides is 3. The lowest BCUT2D eigenvalue weighted by molar-refractivity contribution is -0.137. The maximum atomic E-state index is 12.6. The van der Waals surface area contributed by atoms with Gasteiger partial charge in [-0.3, -0.25) is 0 Å². The summed E-state index contributed by atoms with van der Waals surface area (Å²) in [5, 5.41) is 2.42. The van der Waals surface area contributed by atoms with Crippen LogP contribution in [0.2, 0.25) is 5.02 Å². The van der Waals surface area contributed by atoms with Crippen molar-refractivity contribution < 1.29 is 21.6 Å². The van der Waals surface area contributed by atoms with Crippen LogP contribution in [0.25, 0.3) is 0 Å². The molecule has 0 unspecified atom stereocenters. The van der Waals surface area contributed by atoms with Gasteiger partial charge in [0.1, 0.15) is 0 Å². The monoisotopic (exact) mass is 352 g/mol. The van der Waals surface area contributed by atoms with Gasteiger partial charge in [0.25, 0.3) is 0 Å². The van der Waals surface area contributed by atoms with Gasteiger partial charge in [-0.1, -0.05) is 11.6 Å². The average molecular weight is 353 g/mol. The smallest absolute Gasteiger partial charge is 0.318 e. The summed E-state index contributed by atoms with van der Waals surface area (Å²) in [4.78, 5) is -0.511. The van der Waals surface area contributed by atoms with Crippen LogP contribution >= 0.6 is 24.0 Å². The Labute approximate surface area is 126 Å². The van der Waals surface area contributed by atoms with E-state index in [1.54, 1.807) is 7.05 Å². The Hall–Kier alpha value is -0.540. The second kappa shape index (κ2) is 7.46. The topological polar surface area (TPSA) is 58.2 Å². The number of hydrogen-bond donors (Lipinski definition) is 2. The minimum Gasteiger partial charge on any atom is -0.318 e. The molecule has 0 aliphatic heterocycles. The van der Waals surface area contributed by atoms with Crippen molar-refractivity contribution in [2.75, 3.05) is 20.1 Å². The van der Waals surface area contributed by atoms with Crippen molar-refractivity contribution >= 4 is 34.0 Å². The van der Waals surface area contributed by atoms with Crippen LogP contribution in [-0.2, 0) is 16.2 Å². The van der Waals surface area contributed by atoms with E-state index in [0.29, 0.717) is 18.7 Å². The van der Waals surface area contributed by atoms with Gasteiger partial charge in [-0.2, -0.15) is 13.2 Å². The molecular weight excluding hydrogens is 340 g/mol. The van der Waals surface area contributed by atoms with Gasteiger partial charge in [0, 0.05) is 18.1 Å². The minimum absolute atomic E-state index is 0. The van der Waals surface area contributed by atoms with Crippen molar-refractivity contribution in [3.05, 3.63) is 28.8 Å². The highest BCUT2D eigenvalue weighted by Crippen LogP contribution is 2.32. The Balaban J connectivity index is 0.00000361. The summed E-state index contributed by atoms with van der Waals surface area (Å²) in [6, 6.07) is 2.19. The second-order valence-corrected chi connectivity index (χ2v) is 5.88. The number of nitrogens with one attached hydrogen (secondary N) is 2. The molecule has 0 aliphatic carbocycles. The molecule has 1 rings (SSSR count). The number of halogens is 5. The summed E-state index contributed by atoms with van der Waals surface area (Å²) in [5.74, 6) is 0. The molecule has 0 saturated heterocycles. The molecule has 0 aromatic heterocycles. The molecule has 0 radical (unpaired) electrons. The number of sulfonamides is 1. The molecular formula is C10H13Cl2F3N2O2S. The summed E-state index contributed by atoms with van der Waals surface area (Å²) in [6.07, 6.45) is -4.65. The SMILES string of the molecule is CNCCNS(=O)(=O)c1cc(Cl)cc(C(F)(F)F)c1.Cl. The first-order chi connectivity index (χ1) is 8.66. The Morgan fingerprint density at radius 1 is 1.20 bits per heavy atom. The Morgan fingerprint density at radius 3 is 2.30 bits per heavy atom. The fourth-order valence-electron chi connectivity index (χ4n) is 1.28. The van der Waals surface area contributed by atoms with E-state index in [9.17, 15) is 21.6 Å². The van der Waals surface area contributed by atoms with Crippen LogP contribution in [0.15, 0.2) is 23.1 Å². The first-order valence-electron chi connectivity index (χ1n) is 5.19. The van der Waals surface area contributed by atoms with E-state index in [-0.39, 0.29) is 24.0 Å². The van der Waals surface area contributed by atoms with E-state index < -0.39 is 26.7 Å². The highest BCUT2D eigenvalue weighted by molar-refractivity contribution is 7.89. The predicted octanol–water partition coefficient (Wildman–Crippen LogP) is 2.28. The Kier molecular flexibility index (Phi) is 7.26.